The van der Waals surface area contributed by atoms with Gasteiger partial charge in [0.25, 0.3) is 0 Å². The van der Waals surface area contributed by atoms with Crippen LogP contribution in [0.2, 0.25) is 0 Å². The van der Waals surface area contributed by atoms with Gasteiger partial charge in [-0.05, 0) is 51.3 Å². The molecule has 0 aromatic heterocycles. The molecule has 0 saturated carbocycles. The number of hydrogen-bond acceptors (Lipinski definition) is 4. The van der Waals surface area contributed by atoms with Gasteiger partial charge in [0.1, 0.15) is 6.61 Å². The Morgan fingerprint density at radius 1 is 1.15 bits per heavy atom. The summed E-state index contributed by atoms with van der Waals surface area (Å²) < 4.78 is 5.46. The van der Waals surface area contributed by atoms with Crippen molar-refractivity contribution in [3.63, 3.8) is 0 Å². The lowest BCUT2D eigenvalue weighted by molar-refractivity contribution is 0.0481. The molecule has 1 aromatic rings. The van der Waals surface area contributed by atoms with Crippen LogP contribution in [0, 0.1) is 0 Å². The van der Waals surface area contributed by atoms with Gasteiger partial charge < -0.3 is 14.5 Å². The summed E-state index contributed by atoms with van der Waals surface area (Å²) in [7, 11) is 0. The first-order valence-corrected chi connectivity index (χ1v) is 10.7. The summed E-state index contributed by atoms with van der Waals surface area (Å²) in [6, 6.07) is 10.7. The Labute approximate surface area is 164 Å². The van der Waals surface area contributed by atoms with Crippen LogP contribution < -0.4 is 0 Å². The van der Waals surface area contributed by atoms with Crippen LogP contribution in [0.5, 0.6) is 0 Å². The van der Waals surface area contributed by atoms with Gasteiger partial charge in [0, 0.05) is 38.8 Å². The van der Waals surface area contributed by atoms with Gasteiger partial charge in [-0.3, -0.25) is 4.90 Å². The highest BCUT2D eigenvalue weighted by molar-refractivity contribution is 5.67. The number of nitrogens with zero attached hydrogens (tertiary/aromatic N) is 3. The van der Waals surface area contributed by atoms with Gasteiger partial charge >= 0.3 is 6.09 Å². The predicted molar refractivity (Wildman–Crippen MR) is 109 cm³/mol. The minimum atomic E-state index is -0.197. The van der Waals surface area contributed by atoms with Crippen LogP contribution in [0.1, 0.15) is 44.6 Å². The molecule has 1 unspecified atom stereocenters. The Morgan fingerprint density at radius 2 is 2.00 bits per heavy atom. The maximum Gasteiger partial charge on any atom is 0.410 e. The number of carbonyl (C=O) groups is 1. The quantitative estimate of drug-likeness (QED) is 0.653. The molecule has 1 amide bonds. The van der Waals surface area contributed by atoms with E-state index in [9.17, 15) is 4.79 Å². The van der Waals surface area contributed by atoms with Crippen molar-refractivity contribution in [1.82, 2.24) is 14.7 Å². The molecular formula is C22H35N3O2. The Hall–Kier alpha value is -1.59. The molecule has 1 aromatic carbocycles. The monoisotopic (exact) mass is 373 g/mol. The number of ether oxygens (including phenoxy) is 1. The molecular weight excluding hydrogens is 338 g/mol. The molecule has 3 rings (SSSR count). The second kappa shape index (κ2) is 10.7. The first-order chi connectivity index (χ1) is 13.3. The van der Waals surface area contributed by atoms with Gasteiger partial charge in [-0.15, -0.1) is 0 Å². The fourth-order valence-corrected chi connectivity index (χ4v) is 4.25. The molecule has 0 bridgehead atoms. The number of rotatable bonds is 8. The lowest BCUT2D eigenvalue weighted by Crippen LogP contribution is -2.54. The van der Waals surface area contributed by atoms with Crippen molar-refractivity contribution in [2.24, 2.45) is 0 Å². The predicted octanol–water partition coefficient (Wildman–Crippen LogP) is 3.60. The van der Waals surface area contributed by atoms with Crippen molar-refractivity contribution in [2.45, 2.75) is 51.7 Å². The minimum Gasteiger partial charge on any atom is -0.445 e. The average molecular weight is 374 g/mol. The van der Waals surface area contributed by atoms with Gasteiger partial charge in [0.15, 0.2) is 0 Å². The SMILES string of the molecule is CCN(CCCCN1CCN2CCCCC2C1)C(=O)OCc1ccccc1. The Balaban J connectivity index is 1.31. The third-order valence-electron chi connectivity index (χ3n) is 5.92. The van der Waals surface area contributed by atoms with E-state index in [0.717, 1.165) is 37.5 Å². The topological polar surface area (TPSA) is 36.0 Å². The summed E-state index contributed by atoms with van der Waals surface area (Å²) in [4.78, 5) is 19.4. The van der Waals surface area contributed by atoms with Crippen LogP contribution in [0.15, 0.2) is 30.3 Å². The van der Waals surface area contributed by atoms with Crippen LogP contribution >= 0.6 is 0 Å². The second-order valence-corrected chi connectivity index (χ2v) is 7.81. The van der Waals surface area contributed by atoms with Crippen molar-refractivity contribution < 1.29 is 9.53 Å². The first-order valence-electron chi connectivity index (χ1n) is 10.7. The van der Waals surface area contributed by atoms with Gasteiger partial charge in [0.2, 0.25) is 0 Å². The van der Waals surface area contributed by atoms with Crippen LogP contribution in [-0.2, 0) is 11.3 Å². The molecule has 1 atom stereocenters. The van der Waals surface area contributed by atoms with E-state index in [1.165, 1.54) is 45.4 Å². The maximum absolute atomic E-state index is 12.3. The van der Waals surface area contributed by atoms with Crippen molar-refractivity contribution in [3.8, 4) is 0 Å². The molecule has 2 saturated heterocycles. The number of fused-ring (bicyclic) bond motifs is 1. The van der Waals surface area contributed by atoms with E-state index in [-0.39, 0.29) is 6.09 Å². The van der Waals surface area contributed by atoms with Crippen molar-refractivity contribution in [3.05, 3.63) is 35.9 Å². The summed E-state index contributed by atoms with van der Waals surface area (Å²) in [6.07, 6.45) is 6.13. The van der Waals surface area contributed by atoms with Gasteiger partial charge in [-0.2, -0.15) is 0 Å². The first kappa shape index (κ1) is 20.2. The van der Waals surface area contributed by atoms with E-state index in [1.54, 1.807) is 0 Å². The van der Waals surface area contributed by atoms with Gasteiger partial charge in [-0.25, -0.2) is 4.79 Å². The number of amides is 1. The lowest BCUT2D eigenvalue weighted by atomic mass is 9.99. The third-order valence-corrected chi connectivity index (χ3v) is 5.92. The Morgan fingerprint density at radius 3 is 2.81 bits per heavy atom. The summed E-state index contributed by atoms with van der Waals surface area (Å²) in [5.41, 5.74) is 1.03. The average Bonchev–Trinajstić information content (AvgIpc) is 2.72. The molecule has 0 spiro atoms. The number of benzene rings is 1. The molecule has 0 aliphatic carbocycles. The molecule has 150 valence electrons. The van der Waals surface area contributed by atoms with E-state index in [2.05, 4.69) is 9.80 Å². The zero-order valence-electron chi connectivity index (χ0n) is 16.8. The highest BCUT2D eigenvalue weighted by Gasteiger charge is 2.28. The normalized spacial score (nSPS) is 20.9. The molecule has 27 heavy (non-hydrogen) atoms. The van der Waals surface area contributed by atoms with Crippen molar-refractivity contribution in [2.75, 3.05) is 45.8 Å². The van der Waals surface area contributed by atoms with E-state index >= 15 is 0 Å². The highest BCUT2D eigenvalue weighted by atomic mass is 16.6. The van der Waals surface area contributed by atoms with Crippen molar-refractivity contribution >= 4 is 6.09 Å². The second-order valence-electron chi connectivity index (χ2n) is 7.81. The molecule has 5 nitrogen and oxygen atoms in total. The fourth-order valence-electron chi connectivity index (χ4n) is 4.25. The van der Waals surface area contributed by atoms with Gasteiger partial charge in [-0.1, -0.05) is 36.8 Å². The molecule has 2 aliphatic heterocycles. The van der Waals surface area contributed by atoms with E-state index in [0.29, 0.717) is 13.2 Å². The largest absolute Gasteiger partial charge is 0.445 e. The summed E-state index contributed by atoms with van der Waals surface area (Å²) in [6.45, 7) is 9.98. The van der Waals surface area contributed by atoms with E-state index in [1.807, 2.05) is 42.2 Å². The van der Waals surface area contributed by atoms with Crippen LogP contribution in [0.25, 0.3) is 0 Å². The number of piperidine rings is 1. The number of carbonyl (C=O) groups excluding carboxylic acids is 1. The zero-order valence-corrected chi connectivity index (χ0v) is 16.8. The Bertz CT molecular complexity index is 566. The smallest absolute Gasteiger partial charge is 0.410 e. The van der Waals surface area contributed by atoms with Crippen LogP contribution in [-0.4, -0.2) is 72.6 Å². The standard InChI is InChI=1S/C22H35N3O2/c1-2-24(22(26)27-19-20-10-4-3-5-11-20)14-9-8-13-23-16-17-25-15-7-6-12-21(25)18-23/h3-5,10-11,21H,2,6-9,12-19H2,1H3. The highest BCUT2D eigenvalue weighted by Crippen LogP contribution is 2.21. The Kier molecular flexibility index (Phi) is 7.96. The molecule has 5 heteroatoms. The minimum absolute atomic E-state index is 0.197. The number of unbranched alkanes of at least 4 members (excludes halogenated alkanes) is 1. The van der Waals surface area contributed by atoms with Crippen molar-refractivity contribution in [1.29, 1.82) is 0 Å². The summed E-state index contributed by atoms with van der Waals surface area (Å²) in [5, 5.41) is 0. The van der Waals surface area contributed by atoms with E-state index in [4.69, 9.17) is 4.74 Å². The van der Waals surface area contributed by atoms with Gasteiger partial charge in [0.05, 0.1) is 0 Å². The summed E-state index contributed by atoms with van der Waals surface area (Å²) in [5.74, 6) is 0. The molecule has 2 aliphatic rings. The van der Waals surface area contributed by atoms with Crippen LogP contribution in [0.4, 0.5) is 4.79 Å². The number of hydrogen-bond donors (Lipinski definition) is 0. The van der Waals surface area contributed by atoms with Crippen LogP contribution in [0.3, 0.4) is 0 Å². The number of piperazine rings is 1. The fraction of sp³-hybridized carbons (Fsp3) is 0.682. The lowest BCUT2D eigenvalue weighted by Gasteiger charge is -2.44. The summed E-state index contributed by atoms with van der Waals surface area (Å²) >= 11 is 0. The molecule has 2 fully saturated rings. The molecule has 0 N–H and O–H groups in total. The maximum atomic E-state index is 12.3. The molecule has 0 radical (unpaired) electrons. The van der Waals surface area contributed by atoms with E-state index < -0.39 is 0 Å². The third kappa shape index (κ3) is 6.22. The molecule has 2 heterocycles. The zero-order chi connectivity index (χ0) is 18.9.